The summed E-state index contributed by atoms with van der Waals surface area (Å²) in [7, 11) is -3.39. The third-order valence-corrected chi connectivity index (χ3v) is 6.11. The zero-order chi connectivity index (χ0) is 20.5. The van der Waals surface area contributed by atoms with Gasteiger partial charge in [0.1, 0.15) is 17.9 Å². The van der Waals surface area contributed by atoms with Crippen LogP contribution < -0.4 is 4.72 Å². The molecule has 0 saturated carbocycles. The smallest absolute Gasteiger partial charge is 0.209 e. The number of hydrogen-bond donors (Lipinski definition) is 1. The molecule has 8 nitrogen and oxygen atoms in total. The average Bonchev–Trinajstić information content (AvgIpc) is 3.03. The SMILES string of the molecule is CCOCc1nc2cnc3ccccc3c2n1CC1(NS(C)(=O)=O)CCOCC1. The van der Waals surface area contributed by atoms with Crippen molar-refractivity contribution >= 4 is 32.0 Å². The summed E-state index contributed by atoms with van der Waals surface area (Å²) in [5, 5.41) is 0.988. The van der Waals surface area contributed by atoms with Crippen LogP contribution in [0.3, 0.4) is 0 Å². The molecule has 9 heteroatoms. The van der Waals surface area contributed by atoms with E-state index < -0.39 is 15.6 Å². The Morgan fingerprint density at radius 2 is 2.00 bits per heavy atom. The molecule has 0 spiro atoms. The molecular formula is C20H26N4O4S. The topological polar surface area (TPSA) is 95.3 Å². The lowest BCUT2D eigenvalue weighted by molar-refractivity contribution is 0.0397. The molecule has 1 N–H and O–H groups in total. The van der Waals surface area contributed by atoms with Crippen molar-refractivity contribution in [1.82, 2.24) is 19.3 Å². The molecule has 156 valence electrons. The van der Waals surface area contributed by atoms with Gasteiger partial charge in [-0.2, -0.15) is 0 Å². The molecule has 2 aromatic heterocycles. The minimum Gasteiger partial charge on any atom is -0.381 e. The molecule has 1 aliphatic rings. The summed E-state index contributed by atoms with van der Waals surface area (Å²) >= 11 is 0. The second-order valence-corrected chi connectivity index (χ2v) is 9.28. The van der Waals surface area contributed by atoms with E-state index in [0.717, 1.165) is 27.8 Å². The lowest BCUT2D eigenvalue weighted by atomic mass is 9.91. The summed E-state index contributed by atoms with van der Waals surface area (Å²) in [5.41, 5.74) is 1.97. The molecule has 1 fully saturated rings. The van der Waals surface area contributed by atoms with E-state index in [1.807, 2.05) is 31.2 Å². The largest absolute Gasteiger partial charge is 0.381 e. The molecule has 0 atom stereocenters. The van der Waals surface area contributed by atoms with Crippen molar-refractivity contribution in [2.45, 2.75) is 38.5 Å². The van der Waals surface area contributed by atoms with Gasteiger partial charge in [-0.05, 0) is 25.8 Å². The molecule has 1 aliphatic heterocycles. The number of pyridine rings is 1. The maximum Gasteiger partial charge on any atom is 0.209 e. The van der Waals surface area contributed by atoms with Gasteiger partial charge in [0.05, 0.1) is 29.0 Å². The van der Waals surface area contributed by atoms with Gasteiger partial charge in [0.25, 0.3) is 0 Å². The zero-order valence-corrected chi connectivity index (χ0v) is 17.5. The maximum atomic E-state index is 12.2. The number of benzene rings is 1. The summed E-state index contributed by atoms with van der Waals surface area (Å²) in [6.45, 7) is 4.34. The Bertz CT molecular complexity index is 1120. The number of nitrogens with one attached hydrogen (secondary N) is 1. The number of para-hydroxylation sites is 1. The molecule has 1 aromatic carbocycles. The van der Waals surface area contributed by atoms with Crippen molar-refractivity contribution in [1.29, 1.82) is 0 Å². The van der Waals surface area contributed by atoms with Crippen molar-refractivity contribution in [2.75, 3.05) is 26.1 Å². The van der Waals surface area contributed by atoms with Gasteiger partial charge >= 0.3 is 0 Å². The van der Waals surface area contributed by atoms with Crippen LogP contribution in [-0.2, 0) is 32.6 Å². The molecule has 4 rings (SSSR count). The first-order valence-corrected chi connectivity index (χ1v) is 11.7. The number of aromatic nitrogens is 3. The van der Waals surface area contributed by atoms with Crippen molar-refractivity contribution < 1.29 is 17.9 Å². The quantitative estimate of drug-likeness (QED) is 0.632. The number of ether oxygens (including phenoxy) is 2. The van der Waals surface area contributed by atoms with E-state index in [-0.39, 0.29) is 0 Å². The van der Waals surface area contributed by atoms with Crippen molar-refractivity contribution in [3.63, 3.8) is 0 Å². The summed E-state index contributed by atoms with van der Waals surface area (Å²) in [6, 6.07) is 7.91. The minimum absolute atomic E-state index is 0.352. The second-order valence-electron chi connectivity index (χ2n) is 7.53. The van der Waals surface area contributed by atoms with E-state index in [1.165, 1.54) is 6.26 Å². The summed E-state index contributed by atoms with van der Waals surface area (Å²) in [5.74, 6) is 0.765. The summed E-state index contributed by atoms with van der Waals surface area (Å²) in [4.78, 5) is 9.28. The Hall–Kier alpha value is -2.07. The zero-order valence-electron chi connectivity index (χ0n) is 16.7. The van der Waals surface area contributed by atoms with E-state index >= 15 is 0 Å². The molecule has 3 heterocycles. The van der Waals surface area contributed by atoms with Gasteiger partial charge in [-0.25, -0.2) is 18.1 Å². The molecule has 0 radical (unpaired) electrons. The van der Waals surface area contributed by atoms with Crippen LogP contribution in [0.4, 0.5) is 0 Å². The number of fused-ring (bicyclic) bond motifs is 3. The van der Waals surface area contributed by atoms with Crippen LogP contribution in [0.2, 0.25) is 0 Å². The van der Waals surface area contributed by atoms with E-state index in [9.17, 15) is 8.42 Å². The van der Waals surface area contributed by atoms with Gasteiger partial charge in [-0.15, -0.1) is 0 Å². The molecule has 3 aromatic rings. The molecule has 29 heavy (non-hydrogen) atoms. The number of rotatable bonds is 7. The van der Waals surface area contributed by atoms with Crippen LogP contribution >= 0.6 is 0 Å². The Labute approximate surface area is 170 Å². The van der Waals surface area contributed by atoms with E-state index in [2.05, 4.69) is 14.3 Å². The normalized spacial score (nSPS) is 17.2. The fourth-order valence-electron chi connectivity index (χ4n) is 4.03. The maximum absolute atomic E-state index is 12.2. The Kier molecular flexibility index (Phi) is 5.56. The minimum atomic E-state index is -3.39. The molecule has 1 saturated heterocycles. The highest BCUT2D eigenvalue weighted by Gasteiger charge is 2.37. The standard InChI is InChI=1S/C20H26N4O4S/c1-3-27-13-18-22-17-12-21-16-7-5-4-6-15(16)19(17)24(18)14-20(23-29(2,25)26)8-10-28-11-9-20/h4-7,12,23H,3,8-11,13-14H2,1-2H3. The number of sulfonamides is 1. The highest BCUT2D eigenvalue weighted by atomic mass is 32.2. The first-order chi connectivity index (χ1) is 13.9. The first kappa shape index (κ1) is 20.2. The van der Waals surface area contributed by atoms with Crippen LogP contribution in [-0.4, -0.2) is 54.6 Å². The van der Waals surface area contributed by atoms with Gasteiger partial charge < -0.3 is 14.0 Å². The van der Waals surface area contributed by atoms with Gasteiger partial charge in [-0.3, -0.25) is 4.98 Å². The van der Waals surface area contributed by atoms with E-state index in [4.69, 9.17) is 14.5 Å². The highest BCUT2D eigenvalue weighted by Crippen LogP contribution is 2.30. The summed E-state index contributed by atoms with van der Waals surface area (Å²) in [6.07, 6.45) is 4.16. The highest BCUT2D eigenvalue weighted by molar-refractivity contribution is 7.88. The van der Waals surface area contributed by atoms with Gasteiger partial charge in [0.2, 0.25) is 10.0 Å². The fourth-order valence-corrected chi connectivity index (χ4v) is 5.09. The van der Waals surface area contributed by atoms with E-state index in [0.29, 0.717) is 45.8 Å². The lowest BCUT2D eigenvalue weighted by Gasteiger charge is -2.38. The van der Waals surface area contributed by atoms with Crippen molar-refractivity contribution in [3.05, 3.63) is 36.3 Å². The first-order valence-electron chi connectivity index (χ1n) is 9.78. The number of hydrogen-bond acceptors (Lipinski definition) is 6. The molecular weight excluding hydrogens is 392 g/mol. The molecule has 0 unspecified atom stereocenters. The van der Waals surface area contributed by atoms with Crippen LogP contribution in [0, 0.1) is 0 Å². The lowest BCUT2D eigenvalue weighted by Crippen LogP contribution is -2.54. The molecule has 0 bridgehead atoms. The van der Waals surface area contributed by atoms with Crippen LogP contribution in [0.25, 0.3) is 21.9 Å². The second kappa shape index (κ2) is 7.98. The molecule has 0 amide bonds. The molecule has 0 aliphatic carbocycles. The Balaban J connectivity index is 1.88. The monoisotopic (exact) mass is 418 g/mol. The fraction of sp³-hybridized carbons (Fsp3) is 0.500. The van der Waals surface area contributed by atoms with Crippen LogP contribution in [0.1, 0.15) is 25.6 Å². The Morgan fingerprint density at radius 3 is 2.72 bits per heavy atom. The predicted molar refractivity (Wildman–Crippen MR) is 111 cm³/mol. The van der Waals surface area contributed by atoms with E-state index in [1.54, 1.807) is 6.20 Å². The van der Waals surface area contributed by atoms with Crippen LogP contribution in [0.5, 0.6) is 0 Å². The van der Waals surface area contributed by atoms with Crippen LogP contribution in [0.15, 0.2) is 30.5 Å². The van der Waals surface area contributed by atoms with Crippen molar-refractivity contribution in [3.8, 4) is 0 Å². The summed E-state index contributed by atoms with van der Waals surface area (Å²) < 4.78 is 40.5. The third kappa shape index (κ3) is 4.28. The third-order valence-electron chi connectivity index (χ3n) is 5.31. The predicted octanol–water partition coefficient (Wildman–Crippen LogP) is 2.22. The number of imidazole rings is 1. The van der Waals surface area contributed by atoms with Gasteiger partial charge in [0, 0.05) is 31.8 Å². The average molecular weight is 419 g/mol. The Morgan fingerprint density at radius 1 is 1.24 bits per heavy atom. The van der Waals surface area contributed by atoms with Crippen molar-refractivity contribution in [2.24, 2.45) is 0 Å². The van der Waals surface area contributed by atoms with Gasteiger partial charge in [0.15, 0.2) is 0 Å². The number of nitrogens with zero attached hydrogens (tertiary/aromatic N) is 3. The van der Waals surface area contributed by atoms with Gasteiger partial charge in [-0.1, -0.05) is 18.2 Å².